The highest BCUT2D eigenvalue weighted by Gasteiger charge is 2.39. The second-order valence-corrected chi connectivity index (χ2v) is 10.6. The lowest BCUT2D eigenvalue weighted by Crippen LogP contribution is -2.56. The minimum Gasteiger partial charge on any atom is -0.476 e. The molecule has 0 aromatic heterocycles. The first-order chi connectivity index (χ1) is 16.8. The number of halogens is 2. The average molecular weight is 516 g/mol. The van der Waals surface area contributed by atoms with Crippen molar-refractivity contribution in [3.63, 3.8) is 0 Å². The molecule has 1 atom stereocenters. The number of hydrogen-bond acceptors (Lipinski definition) is 5. The fourth-order valence-corrected chi connectivity index (χ4v) is 5.97. The summed E-state index contributed by atoms with van der Waals surface area (Å²) in [5, 5.41) is 0.425. The van der Waals surface area contributed by atoms with Crippen LogP contribution in [0, 0.1) is 5.82 Å². The number of amides is 1. The van der Waals surface area contributed by atoms with E-state index in [9.17, 15) is 17.6 Å². The van der Waals surface area contributed by atoms with Crippen molar-refractivity contribution in [2.24, 2.45) is 0 Å². The second-order valence-electron chi connectivity index (χ2n) is 8.33. The van der Waals surface area contributed by atoms with E-state index < -0.39 is 16.1 Å². The normalized spacial score (nSPS) is 18.1. The molecule has 2 aliphatic rings. The minimum atomic E-state index is -3.96. The van der Waals surface area contributed by atoms with Gasteiger partial charge in [0.2, 0.25) is 0 Å². The monoisotopic (exact) mass is 515 g/mol. The Kier molecular flexibility index (Phi) is 6.29. The van der Waals surface area contributed by atoms with Crippen molar-refractivity contribution in [1.29, 1.82) is 0 Å². The van der Waals surface area contributed by atoms with Crippen LogP contribution in [0.15, 0.2) is 77.7 Å². The lowest BCUT2D eigenvalue weighted by atomic mass is 10.2. The summed E-state index contributed by atoms with van der Waals surface area (Å²) in [5.41, 5.74) is 0.874. The van der Waals surface area contributed by atoms with Gasteiger partial charge in [-0.3, -0.25) is 9.10 Å². The average Bonchev–Trinajstić information content (AvgIpc) is 2.88. The molecular weight excluding hydrogens is 493 g/mol. The van der Waals surface area contributed by atoms with Crippen LogP contribution in [-0.2, 0) is 14.8 Å². The van der Waals surface area contributed by atoms with Crippen molar-refractivity contribution in [2.75, 3.05) is 41.9 Å². The van der Waals surface area contributed by atoms with E-state index in [-0.39, 0.29) is 23.2 Å². The summed E-state index contributed by atoms with van der Waals surface area (Å²) >= 11 is 5.93. The van der Waals surface area contributed by atoms with Gasteiger partial charge in [-0.25, -0.2) is 12.8 Å². The van der Waals surface area contributed by atoms with Gasteiger partial charge >= 0.3 is 0 Å². The van der Waals surface area contributed by atoms with Crippen LogP contribution < -0.4 is 13.9 Å². The minimum absolute atomic E-state index is 0.0725. The molecule has 0 radical (unpaired) electrons. The first-order valence-corrected chi connectivity index (χ1v) is 13.0. The summed E-state index contributed by atoms with van der Waals surface area (Å²) in [6, 6.07) is 19.2. The fraction of sp³-hybridized carbons (Fsp3) is 0.240. The van der Waals surface area contributed by atoms with E-state index in [2.05, 4.69) is 0 Å². The summed E-state index contributed by atoms with van der Waals surface area (Å²) in [4.78, 5) is 17.0. The number of sulfonamides is 1. The molecule has 35 heavy (non-hydrogen) atoms. The van der Waals surface area contributed by atoms with Crippen LogP contribution in [0.1, 0.15) is 0 Å². The van der Waals surface area contributed by atoms with E-state index in [0.29, 0.717) is 48.3 Å². The SMILES string of the molecule is O=C([C@H]1CN(S(=O)(=O)c2ccc(Cl)cc2)c2ccccc2O1)N1CCN(c2ccccc2F)CC1. The van der Waals surface area contributed by atoms with Crippen LogP contribution in [0.4, 0.5) is 15.8 Å². The zero-order chi connectivity index (χ0) is 24.6. The number of rotatable bonds is 4. The molecule has 7 nitrogen and oxygen atoms in total. The Balaban J connectivity index is 1.36. The van der Waals surface area contributed by atoms with Gasteiger partial charge in [-0.15, -0.1) is 0 Å². The molecule has 3 aromatic rings. The predicted octanol–water partition coefficient (Wildman–Crippen LogP) is 3.78. The quantitative estimate of drug-likeness (QED) is 0.529. The van der Waals surface area contributed by atoms with Gasteiger partial charge in [0, 0.05) is 31.2 Å². The topological polar surface area (TPSA) is 70.2 Å². The molecule has 0 spiro atoms. The number of fused-ring (bicyclic) bond motifs is 1. The van der Waals surface area contributed by atoms with Crippen LogP contribution >= 0.6 is 11.6 Å². The lowest BCUT2D eigenvalue weighted by Gasteiger charge is -2.40. The summed E-state index contributed by atoms with van der Waals surface area (Å²) < 4.78 is 48.3. The van der Waals surface area contributed by atoms with E-state index >= 15 is 0 Å². The number of nitrogens with zero attached hydrogens (tertiary/aromatic N) is 3. The molecule has 2 aliphatic heterocycles. The van der Waals surface area contributed by atoms with Gasteiger partial charge in [-0.2, -0.15) is 0 Å². The number of ether oxygens (including phenoxy) is 1. The van der Waals surface area contributed by atoms with E-state index in [1.54, 1.807) is 47.4 Å². The molecule has 10 heteroatoms. The Morgan fingerprint density at radius 3 is 2.20 bits per heavy atom. The number of anilines is 2. The van der Waals surface area contributed by atoms with E-state index in [0.717, 1.165) is 0 Å². The number of piperazine rings is 1. The Labute approximate surface area is 208 Å². The number of carbonyl (C=O) groups is 1. The number of para-hydroxylation sites is 3. The van der Waals surface area contributed by atoms with E-state index in [1.807, 2.05) is 4.90 Å². The third-order valence-electron chi connectivity index (χ3n) is 6.20. The molecule has 1 fully saturated rings. The highest BCUT2D eigenvalue weighted by Crippen LogP contribution is 2.37. The van der Waals surface area contributed by atoms with Gasteiger partial charge in [0.15, 0.2) is 6.10 Å². The van der Waals surface area contributed by atoms with Crippen molar-refractivity contribution in [3.05, 3.63) is 83.6 Å². The maximum absolute atomic E-state index is 14.2. The Morgan fingerprint density at radius 1 is 0.886 bits per heavy atom. The van der Waals surface area contributed by atoms with Gasteiger partial charge < -0.3 is 14.5 Å². The van der Waals surface area contributed by atoms with Gasteiger partial charge in [0.25, 0.3) is 15.9 Å². The van der Waals surface area contributed by atoms with Gasteiger partial charge in [-0.05, 0) is 48.5 Å². The fourth-order valence-electron chi connectivity index (χ4n) is 4.37. The van der Waals surface area contributed by atoms with Crippen LogP contribution in [0.25, 0.3) is 0 Å². The maximum Gasteiger partial charge on any atom is 0.265 e. The second kappa shape index (κ2) is 9.39. The largest absolute Gasteiger partial charge is 0.476 e. The van der Waals surface area contributed by atoms with Gasteiger partial charge in [0.05, 0.1) is 22.8 Å². The predicted molar refractivity (Wildman–Crippen MR) is 132 cm³/mol. The molecule has 182 valence electrons. The molecular formula is C25H23ClFN3O4S. The summed E-state index contributed by atoms with van der Waals surface area (Å²) in [7, 11) is -3.96. The third kappa shape index (κ3) is 4.53. The van der Waals surface area contributed by atoms with Crippen molar-refractivity contribution in [2.45, 2.75) is 11.0 Å². The maximum atomic E-state index is 14.2. The van der Waals surface area contributed by atoms with Crippen LogP contribution in [0.3, 0.4) is 0 Å². The highest BCUT2D eigenvalue weighted by molar-refractivity contribution is 7.92. The molecule has 1 amide bonds. The van der Waals surface area contributed by atoms with Crippen LogP contribution in [-0.4, -0.2) is 58.1 Å². The molecule has 0 N–H and O–H groups in total. The molecule has 2 heterocycles. The van der Waals surface area contributed by atoms with Crippen LogP contribution in [0.2, 0.25) is 5.02 Å². The number of benzene rings is 3. The number of hydrogen-bond donors (Lipinski definition) is 0. The molecule has 3 aromatic carbocycles. The van der Waals surface area contributed by atoms with Crippen LogP contribution in [0.5, 0.6) is 5.75 Å². The molecule has 0 unspecified atom stereocenters. The summed E-state index contributed by atoms with van der Waals surface area (Å²) in [5.74, 6) is -0.286. The lowest BCUT2D eigenvalue weighted by molar-refractivity contribution is -0.138. The Hall–Kier alpha value is -3.30. The Morgan fingerprint density at radius 2 is 1.51 bits per heavy atom. The van der Waals surface area contributed by atoms with E-state index in [1.165, 1.54) is 34.6 Å². The van der Waals surface area contributed by atoms with Crippen molar-refractivity contribution in [1.82, 2.24) is 4.90 Å². The molecule has 5 rings (SSSR count). The zero-order valence-electron chi connectivity index (χ0n) is 18.7. The van der Waals surface area contributed by atoms with Crippen molar-refractivity contribution >= 4 is 38.9 Å². The number of carbonyl (C=O) groups excluding carboxylic acids is 1. The zero-order valence-corrected chi connectivity index (χ0v) is 20.3. The standard InChI is InChI=1S/C25H23ClFN3O4S/c26-18-9-11-19(12-10-18)35(32,33)30-17-24(34-23-8-4-3-7-22(23)30)25(31)29-15-13-28(14-16-29)21-6-2-1-5-20(21)27/h1-12,24H,13-17H2/t24-/m1/s1. The van der Waals surface area contributed by atoms with Crippen molar-refractivity contribution < 1.29 is 22.3 Å². The molecule has 0 bridgehead atoms. The molecule has 0 saturated carbocycles. The third-order valence-corrected chi connectivity index (χ3v) is 8.24. The summed E-state index contributed by atoms with van der Waals surface area (Å²) in [6.45, 7) is 1.51. The van der Waals surface area contributed by atoms with Crippen molar-refractivity contribution in [3.8, 4) is 5.75 Å². The van der Waals surface area contributed by atoms with E-state index in [4.69, 9.17) is 16.3 Å². The first-order valence-electron chi connectivity index (χ1n) is 11.2. The first kappa shape index (κ1) is 23.4. The van der Waals surface area contributed by atoms with Gasteiger partial charge in [-0.1, -0.05) is 35.9 Å². The summed E-state index contributed by atoms with van der Waals surface area (Å²) in [6.07, 6.45) is -1.01. The molecule has 1 saturated heterocycles. The Bertz CT molecular complexity index is 1340. The van der Waals surface area contributed by atoms with Gasteiger partial charge in [0.1, 0.15) is 11.6 Å². The molecule has 0 aliphatic carbocycles. The smallest absolute Gasteiger partial charge is 0.265 e. The highest BCUT2D eigenvalue weighted by atomic mass is 35.5.